The van der Waals surface area contributed by atoms with Gasteiger partial charge in [-0.25, -0.2) is 4.98 Å². The van der Waals surface area contributed by atoms with Gasteiger partial charge in [0.25, 0.3) is 0 Å². The van der Waals surface area contributed by atoms with Gasteiger partial charge in [-0.3, -0.25) is 0 Å². The van der Waals surface area contributed by atoms with Gasteiger partial charge in [0.2, 0.25) is 0 Å². The van der Waals surface area contributed by atoms with Crippen LogP contribution in [-0.2, 0) is 0 Å². The molecule has 1 N–H and O–H groups in total. The van der Waals surface area contributed by atoms with E-state index in [0.717, 1.165) is 24.6 Å². The normalized spacial score (nSPS) is 15.2. The molecule has 0 saturated carbocycles. The molecule has 0 atom stereocenters. The van der Waals surface area contributed by atoms with Crippen molar-refractivity contribution in [2.45, 2.75) is 19.3 Å². The van der Waals surface area contributed by atoms with Crippen molar-refractivity contribution in [2.24, 2.45) is 0 Å². The fourth-order valence-corrected chi connectivity index (χ4v) is 2.83. The maximum absolute atomic E-state index is 4.64. The smallest absolute Gasteiger partial charge is 0.128 e. The largest absolute Gasteiger partial charge is 0.373 e. The van der Waals surface area contributed by atoms with Crippen molar-refractivity contribution in [2.75, 3.05) is 30.4 Å². The highest BCUT2D eigenvalue weighted by Gasteiger charge is 2.12. The lowest BCUT2D eigenvalue weighted by molar-refractivity contribution is 0.578. The van der Waals surface area contributed by atoms with Crippen LogP contribution in [0.3, 0.4) is 0 Å². The Kier molecular flexibility index (Phi) is 4.74. The van der Waals surface area contributed by atoms with Crippen LogP contribution in [0.15, 0.2) is 42.5 Å². The number of hydrogen-bond donors (Lipinski definition) is 1. The Hall–Kier alpha value is -2.29. The molecule has 3 heteroatoms. The molecular weight excluding hydrogens is 270 g/mol. The third-order valence-electron chi connectivity index (χ3n) is 4.05. The molecule has 0 aliphatic carbocycles. The van der Waals surface area contributed by atoms with E-state index >= 15 is 0 Å². The highest BCUT2D eigenvalue weighted by molar-refractivity contribution is 5.71. The SMILES string of the molecule is CNc1cc(N2CCCCC2)cc(/C=C/c2ccccc2)n1. The standard InChI is InChI=1S/C19H23N3/c1-20-19-15-18(22-12-6-3-7-13-22)14-17(21-19)11-10-16-8-4-2-5-9-16/h2,4-5,8-11,14-15H,3,6-7,12-13H2,1H3,(H,20,21)/b11-10+. The molecule has 0 unspecified atom stereocenters. The van der Waals surface area contributed by atoms with Gasteiger partial charge in [-0.15, -0.1) is 0 Å². The monoisotopic (exact) mass is 293 g/mol. The zero-order valence-corrected chi connectivity index (χ0v) is 13.1. The molecular formula is C19H23N3. The summed E-state index contributed by atoms with van der Waals surface area (Å²) in [4.78, 5) is 7.10. The van der Waals surface area contributed by atoms with E-state index in [0.29, 0.717) is 0 Å². The Morgan fingerprint density at radius 3 is 2.50 bits per heavy atom. The van der Waals surface area contributed by atoms with E-state index in [1.165, 1.54) is 30.5 Å². The molecule has 1 fully saturated rings. The molecule has 114 valence electrons. The first-order valence-electron chi connectivity index (χ1n) is 8.03. The van der Waals surface area contributed by atoms with E-state index in [2.05, 4.69) is 63.8 Å². The van der Waals surface area contributed by atoms with E-state index in [-0.39, 0.29) is 0 Å². The number of rotatable bonds is 4. The fourth-order valence-electron chi connectivity index (χ4n) is 2.83. The van der Waals surface area contributed by atoms with Gasteiger partial charge in [0, 0.05) is 31.9 Å². The van der Waals surface area contributed by atoms with Gasteiger partial charge in [0.05, 0.1) is 5.69 Å². The van der Waals surface area contributed by atoms with E-state index in [9.17, 15) is 0 Å². The Bertz CT molecular complexity index is 628. The minimum atomic E-state index is 0.927. The molecule has 22 heavy (non-hydrogen) atoms. The van der Waals surface area contributed by atoms with Crippen LogP contribution in [0.5, 0.6) is 0 Å². The van der Waals surface area contributed by atoms with E-state index in [4.69, 9.17) is 0 Å². The highest BCUT2D eigenvalue weighted by atomic mass is 15.1. The van der Waals surface area contributed by atoms with Crippen LogP contribution in [0, 0.1) is 0 Å². The molecule has 2 aromatic rings. The summed E-state index contributed by atoms with van der Waals surface area (Å²) >= 11 is 0. The number of anilines is 2. The molecule has 0 bridgehead atoms. The first-order chi connectivity index (χ1) is 10.8. The van der Waals surface area contributed by atoms with Crippen LogP contribution in [0.25, 0.3) is 12.2 Å². The molecule has 0 spiro atoms. The maximum atomic E-state index is 4.64. The van der Waals surface area contributed by atoms with E-state index in [1.54, 1.807) is 0 Å². The molecule has 2 heterocycles. The van der Waals surface area contributed by atoms with Crippen LogP contribution >= 0.6 is 0 Å². The molecule has 1 aromatic carbocycles. The first kappa shape index (κ1) is 14.6. The first-order valence-corrected chi connectivity index (χ1v) is 8.03. The Balaban J connectivity index is 1.85. The van der Waals surface area contributed by atoms with Crippen LogP contribution in [0.4, 0.5) is 11.5 Å². The molecule has 0 radical (unpaired) electrons. The second-order valence-electron chi connectivity index (χ2n) is 5.68. The van der Waals surface area contributed by atoms with Crippen molar-refractivity contribution in [1.29, 1.82) is 0 Å². The van der Waals surface area contributed by atoms with Gasteiger partial charge >= 0.3 is 0 Å². The minimum absolute atomic E-state index is 0.927. The quantitative estimate of drug-likeness (QED) is 0.911. The summed E-state index contributed by atoms with van der Waals surface area (Å²) in [6.07, 6.45) is 8.12. The van der Waals surface area contributed by atoms with Gasteiger partial charge in [0.1, 0.15) is 5.82 Å². The topological polar surface area (TPSA) is 28.2 Å². The fraction of sp³-hybridized carbons (Fsp3) is 0.316. The lowest BCUT2D eigenvalue weighted by Crippen LogP contribution is -2.29. The van der Waals surface area contributed by atoms with Crippen molar-refractivity contribution >= 4 is 23.7 Å². The number of benzene rings is 1. The van der Waals surface area contributed by atoms with Gasteiger partial charge in [-0.2, -0.15) is 0 Å². The lowest BCUT2D eigenvalue weighted by atomic mass is 10.1. The van der Waals surface area contributed by atoms with Crippen molar-refractivity contribution in [3.8, 4) is 0 Å². The number of nitrogens with one attached hydrogen (secondary N) is 1. The maximum Gasteiger partial charge on any atom is 0.128 e. The zero-order chi connectivity index (χ0) is 15.2. The molecule has 1 aromatic heterocycles. The molecule has 1 aliphatic heterocycles. The molecule has 3 nitrogen and oxygen atoms in total. The number of hydrogen-bond acceptors (Lipinski definition) is 3. The van der Waals surface area contributed by atoms with Gasteiger partial charge < -0.3 is 10.2 Å². The van der Waals surface area contributed by atoms with Crippen molar-refractivity contribution in [3.05, 3.63) is 53.7 Å². The van der Waals surface area contributed by atoms with Crippen molar-refractivity contribution < 1.29 is 0 Å². The summed E-state index contributed by atoms with van der Waals surface area (Å²) in [5.41, 5.74) is 3.46. The summed E-state index contributed by atoms with van der Waals surface area (Å²) in [7, 11) is 1.92. The van der Waals surface area contributed by atoms with Crippen LogP contribution < -0.4 is 10.2 Å². The van der Waals surface area contributed by atoms with E-state index in [1.807, 2.05) is 13.1 Å². The second-order valence-corrected chi connectivity index (χ2v) is 5.68. The van der Waals surface area contributed by atoms with Crippen LogP contribution in [-0.4, -0.2) is 25.1 Å². The van der Waals surface area contributed by atoms with Crippen LogP contribution in [0.1, 0.15) is 30.5 Å². The van der Waals surface area contributed by atoms with Crippen LogP contribution in [0.2, 0.25) is 0 Å². The second kappa shape index (κ2) is 7.12. The average Bonchev–Trinajstić information content (AvgIpc) is 2.61. The Labute approximate surface area is 132 Å². The third kappa shape index (κ3) is 3.67. The number of aromatic nitrogens is 1. The lowest BCUT2D eigenvalue weighted by Gasteiger charge is -2.29. The molecule has 3 rings (SSSR count). The van der Waals surface area contributed by atoms with Crippen molar-refractivity contribution in [3.63, 3.8) is 0 Å². The third-order valence-corrected chi connectivity index (χ3v) is 4.05. The molecule has 1 saturated heterocycles. The minimum Gasteiger partial charge on any atom is -0.373 e. The summed E-state index contributed by atoms with van der Waals surface area (Å²) in [6, 6.07) is 14.7. The summed E-state index contributed by atoms with van der Waals surface area (Å²) < 4.78 is 0. The number of piperidine rings is 1. The highest BCUT2D eigenvalue weighted by Crippen LogP contribution is 2.24. The number of nitrogens with zero attached hydrogens (tertiary/aromatic N) is 2. The number of pyridine rings is 1. The predicted octanol–water partition coefficient (Wildman–Crippen LogP) is 4.28. The summed E-state index contributed by atoms with van der Waals surface area (Å²) in [5, 5.41) is 3.17. The van der Waals surface area contributed by atoms with E-state index < -0.39 is 0 Å². The summed E-state index contributed by atoms with van der Waals surface area (Å²) in [5.74, 6) is 0.927. The molecule has 0 amide bonds. The predicted molar refractivity (Wildman–Crippen MR) is 95.2 cm³/mol. The zero-order valence-electron chi connectivity index (χ0n) is 13.1. The Morgan fingerprint density at radius 1 is 1.00 bits per heavy atom. The average molecular weight is 293 g/mol. The van der Waals surface area contributed by atoms with Crippen molar-refractivity contribution in [1.82, 2.24) is 4.98 Å². The van der Waals surface area contributed by atoms with Gasteiger partial charge in [-0.1, -0.05) is 36.4 Å². The summed E-state index contributed by atoms with van der Waals surface area (Å²) in [6.45, 7) is 2.30. The van der Waals surface area contributed by atoms with Gasteiger partial charge in [-0.05, 0) is 37.0 Å². The molecule has 1 aliphatic rings. The Morgan fingerprint density at radius 2 is 1.77 bits per heavy atom. The van der Waals surface area contributed by atoms with Gasteiger partial charge in [0.15, 0.2) is 0 Å².